The fourth-order valence-electron chi connectivity index (χ4n) is 0.991. The highest BCUT2D eigenvalue weighted by molar-refractivity contribution is 5.63. The molecule has 15 heavy (non-hydrogen) atoms. The van der Waals surface area contributed by atoms with Crippen molar-refractivity contribution in [3.05, 3.63) is 31.5 Å². The maximum atomic E-state index is 11.2. The molecule has 0 aliphatic rings. The Labute approximate surface area is 81.6 Å². The van der Waals surface area contributed by atoms with E-state index in [9.17, 15) is 25.4 Å². The third-order valence-corrected chi connectivity index (χ3v) is 1.56. The fraction of sp³-hybridized carbons (Fsp3) is 0. The van der Waals surface area contributed by atoms with Crippen molar-refractivity contribution in [3.8, 4) is 0 Å². The van der Waals surface area contributed by atoms with Gasteiger partial charge in [-0.05, 0) is 4.73 Å². The van der Waals surface area contributed by atoms with Crippen LogP contribution in [0.2, 0.25) is 0 Å². The van der Waals surface area contributed by atoms with E-state index in [1.54, 1.807) is 0 Å². The zero-order valence-electron chi connectivity index (χ0n) is 7.11. The first kappa shape index (κ1) is 10.4. The minimum atomic E-state index is -1.12. The van der Waals surface area contributed by atoms with Crippen molar-refractivity contribution in [1.82, 2.24) is 0 Å². The summed E-state index contributed by atoms with van der Waals surface area (Å²) in [4.78, 5) is 18.5. The van der Waals surface area contributed by atoms with E-state index in [0.717, 1.165) is 6.07 Å². The van der Waals surface area contributed by atoms with E-state index in [0.29, 0.717) is 0 Å². The molecule has 1 heterocycles. The van der Waals surface area contributed by atoms with Crippen LogP contribution in [0.15, 0.2) is 6.07 Å². The molecule has 1 rings (SSSR count). The van der Waals surface area contributed by atoms with Crippen LogP contribution in [0.1, 0.15) is 0 Å². The normalized spacial score (nSPS) is 9.87. The summed E-state index contributed by atoms with van der Waals surface area (Å²) in [6, 6.07) is 0.796. The van der Waals surface area contributed by atoms with Gasteiger partial charge in [0.2, 0.25) is 0 Å². The fourth-order valence-corrected chi connectivity index (χ4v) is 0.991. The lowest BCUT2D eigenvalue weighted by Crippen LogP contribution is -2.35. The van der Waals surface area contributed by atoms with E-state index < -0.39 is 37.6 Å². The molecule has 0 amide bonds. The number of hydrogen-bond donors (Lipinski definition) is 2. The number of pyridine rings is 1. The van der Waals surface area contributed by atoms with Gasteiger partial charge in [-0.3, -0.25) is 20.2 Å². The van der Waals surface area contributed by atoms with E-state index in [1.807, 2.05) is 0 Å². The Morgan fingerprint density at radius 2 is 1.40 bits per heavy atom. The first-order valence-electron chi connectivity index (χ1n) is 3.46. The second-order valence-corrected chi connectivity index (χ2v) is 2.51. The Hall–Kier alpha value is -2.65. The van der Waals surface area contributed by atoms with Gasteiger partial charge in [0.05, 0.1) is 0 Å². The lowest BCUT2D eigenvalue weighted by molar-refractivity contribution is -0.701. The van der Waals surface area contributed by atoms with E-state index in [-0.39, 0.29) is 0 Å². The first-order chi connectivity index (χ1) is 6.86. The minimum Gasteiger partial charge on any atom is -0.609 e. The van der Waals surface area contributed by atoms with Gasteiger partial charge >= 0.3 is 11.6 Å². The Morgan fingerprint density at radius 3 is 1.67 bits per heavy atom. The molecule has 0 saturated heterocycles. The topological polar surface area (TPSA) is 165 Å². The summed E-state index contributed by atoms with van der Waals surface area (Å²) >= 11 is 0. The van der Waals surface area contributed by atoms with Crippen LogP contribution < -0.4 is 16.2 Å². The van der Waals surface area contributed by atoms with Crippen LogP contribution in [-0.2, 0) is 0 Å². The van der Waals surface area contributed by atoms with Crippen molar-refractivity contribution in [3.63, 3.8) is 0 Å². The van der Waals surface area contributed by atoms with E-state index in [2.05, 4.69) is 0 Å². The van der Waals surface area contributed by atoms with Gasteiger partial charge in [0, 0.05) is 6.07 Å². The first-order valence-corrected chi connectivity index (χ1v) is 3.46. The third kappa shape index (κ3) is 1.54. The summed E-state index contributed by atoms with van der Waals surface area (Å²) in [6.07, 6.45) is 0. The number of aromatic nitrogens is 1. The SMILES string of the molecule is Nc1cc(N)c([N+](=O)[O-])[n+]([O-])c1[N+](=O)[O-]. The molecule has 0 aromatic carbocycles. The lowest BCUT2D eigenvalue weighted by atomic mass is 10.3. The monoisotopic (exact) mass is 215 g/mol. The summed E-state index contributed by atoms with van der Waals surface area (Å²) in [5.74, 6) is -2.23. The van der Waals surface area contributed by atoms with E-state index in [4.69, 9.17) is 11.5 Å². The number of hydrogen-bond acceptors (Lipinski definition) is 7. The second-order valence-electron chi connectivity index (χ2n) is 2.51. The smallest absolute Gasteiger partial charge is 0.541 e. The zero-order chi connectivity index (χ0) is 11.7. The maximum Gasteiger partial charge on any atom is 0.541 e. The van der Waals surface area contributed by atoms with Crippen LogP contribution in [0, 0.1) is 25.4 Å². The largest absolute Gasteiger partial charge is 0.609 e. The summed E-state index contributed by atoms with van der Waals surface area (Å²) < 4.78 is -0.509. The average Bonchev–Trinajstić information content (AvgIpc) is 1.99. The summed E-state index contributed by atoms with van der Waals surface area (Å²) in [6.45, 7) is 0. The Balaban J connectivity index is 3.64. The number of nitrogen functional groups attached to an aromatic ring is 2. The molecule has 4 N–H and O–H groups in total. The third-order valence-electron chi connectivity index (χ3n) is 1.56. The highest BCUT2D eigenvalue weighted by atomic mass is 16.6. The van der Waals surface area contributed by atoms with Crippen LogP contribution in [-0.4, -0.2) is 9.85 Å². The molecule has 10 nitrogen and oxygen atoms in total. The van der Waals surface area contributed by atoms with Gasteiger partial charge in [0.1, 0.15) is 9.85 Å². The summed E-state index contributed by atoms with van der Waals surface area (Å²) in [7, 11) is 0. The van der Waals surface area contributed by atoms with Crippen molar-refractivity contribution in [2.45, 2.75) is 0 Å². The standard InChI is InChI=1S/C5H5N5O5/c6-2-1-3(7)5(10(14)15)8(11)4(2)9(12)13/h1H,6-7H2. The number of nitrogens with two attached hydrogens (primary N) is 2. The van der Waals surface area contributed by atoms with Crippen LogP contribution >= 0.6 is 0 Å². The molecule has 1 aromatic rings. The van der Waals surface area contributed by atoms with Gasteiger partial charge in [-0.15, -0.1) is 0 Å². The van der Waals surface area contributed by atoms with Crippen LogP contribution in [0.3, 0.4) is 0 Å². The van der Waals surface area contributed by atoms with Crippen molar-refractivity contribution >= 4 is 23.0 Å². The Kier molecular flexibility index (Phi) is 2.26. The molecule has 80 valence electrons. The van der Waals surface area contributed by atoms with E-state index >= 15 is 0 Å². The molecule has 0 bridgehead atoms. The molecule has 0 aliphatic carbocycles. The van der Waals surface area contributed by atoms with Crippen LogP contribution in [0.5, 0.6) is 0 Å². The minimum absolute atomic E-state index is 0.509. The quantitative estimate of drug-likeness (QED) is 0.284. The summed E-state index contributed by atoms with van der Waals surface area (Å²) in [5.41, 5.74) is 9.20. The lowest BCUT2D eigenvalue weighted by Gasteiger charge is -2.01. The Bertz CT molecular complexity index is 419. The number of anilines is 2. The van der Waals surface area contributed by atoms with Crippen molar-refractivity contribution in [2.24, 2.45) is 0 Å². The predicted molar refractivity (Wildman–Crippen MR) is 47.5 cm³/mol. The highest BCUT2D eigenvalue weighted by Crippen LogP contribution is 2.25. The molecule has 0 saturated carbocycles. The molecule has 0 atom stereocenters. The summed E-state index contributed by atoms with van der Waals surface area (Å²) in [5, 5.41) is 31.9. The number of nitro groups is 2. The van der Waals surface area contributed by atoms with Gasteiger partial charge in [0.25, 0.3) is 0 Å². The van der Waals surface area contributed by atoms with Gasteiger partial charge in [-0.25, -0.2) is 0 Å². The Morgan fingerprint density at radius 1 is 1.07 bits per heavy atom. The molecule has 0 fully saturated rings. The number of rotatable bonds is 2. The van der Waals surface area contributed by atoms with Gasteiger partial charge in [-0.1, -0.05) is 0 Å². The molecular formula is C5H5N5O5. The molecule has 0 unspecified atom stereocenters. The molecule has 10 heteroatoms. The molecule has 0 radical (unpaired) electrons. The van der Waals surface area contributed by atoms with Crippen LogP contribution in [0.4, 0.5) is 23.0 Å². The number of nitrogens with zero attached hydrogens (tertiary/aromatic N) is 3. The van der Waals surface area contributed by atoms with Crippen molar-refractivity contribution < 1.29 is 14.6 Å². The zero-order valence-corrected chi connectivity index (χ0v) is 7.11. The molecule has 0 spiro atoms. The van der Waals surface area contributed by atoms with Crippen LogP contribution in [0.25, 0.3) is 0 Å². The van der Waals surface area contributed by atoms with Gasteiger partial charge in [-0.2, -0.15) is 0 Å². The molecule has 1 aromatic heterocycles. The van der Waals surface area contributed by atoms with Gasteiger partial charge < -0.3 is 16.7 Å². The molecule has 0 aliphatic heterocycles. The average molecular weight is 215 g/mol. The molecular weight excluding hydrogens is 210 g/mol. The second kappa shape index (κ2) is 3.25. The maximum absolute atomic E-state index is 11.2. The highest BCUT2D eigenvalue weighted by Gasteiger charge is 2.36. The van der Waals surface area contributed by atoms with Crippen molar-refractivity contribution in [2.75, 3.05) is 11.5 Å². The van der Waals surface area contributed by atoms with Gasteiger partial charge in [0.15, 0.2) is 11.4 Å². The van der Waals surface area contributed by atoms with E-state index in [1.165, 1.54) is 0 Å². The predicted octanol–water partition coefficient (Wildman–Crippen LogP) is -0.699. The van der Waals surface area contributed by atoms with Crippen molar-refractivity contribution in [1.29, 1.82) is 0 Å².